The number of carbonyl (C=O) groups is 2. The molecule has 10 heteroatoms. The number of hydrogen-bond acceptors (Lipinski definition) is 5. The first-order valence-electron chi connectivity index (χ1n) is 7.32. The molecule has 0 aromatic heterocycles. The van der Waals surface area contributed by atoms with Crippen molar-refractivity contribution in [1.82, 2.24) is 0 Å². The second-order valence-electron chi connectivity index (χ2n) is 4.53. The molecule has 0 saturated heterocycles. The topological polar surface area (TPSA) is 86.6 Å². The number of nitrogens with zero attached hydrogens (tertiary/aromatic N) is 2. The second-order valence-corrected chi connectivity index (χ2v) is 4.53. The first-order chi connectivity index (χ1) is 11.8. The lowest BCUT2D eigenvalue weighted by Gasteiger charge is -2.12. The number of rotatable bonds is 7. The second kappa shape index (κ2) is 10.4. The predicted molar refractivity (Wildman–Crippen MR) is 79.2 cm³/mol. The summed E-state index contributed by atoms with van der Waals surface area (Å²) >= 11 is 0. The Kier molecular flexibility index (Phi) is 8.54. The van der Waals surface area contributed by atoms with Gasteiger partial charge in [0.05, 0.1) is 25.4 Å². The monoisotopic (exact) mass is 362 g/mol. The Labute approximate surface area is 141 Å². The first-order valence-corrected chi connectivity index (χ1v) is 7.32. The third-order valence-corrected chi connectivity index (χ3v) is 2.77. The van der Waals surface area contributed by atoms with Gasteiger partial charge in [-0.1, -0.05) is 28.4 Å². The van der Waals surface area contributed by atoms with Gasteiger partial charge in [-0.25, -0.2) is 9.59 Å². The number of ether oxygens (including phenoxy) is 3. The lowest BCUT2D eigenvalue weighted by molar-refractivity contribution is -0.138. The van der Waals surface area contributed by atoms with Gasteiger partial charge in [-0.15, -0.1) is 0 Å². The van der Waals surface area contributed by atoms with Crippen LogP contribution in [0.25, 0.3) is 0 Å². The summed E-state index contributed by atoms with van der Waals surface area (Å²) in [6.45, 7) is 1.47. The Hall–Kier alpha value is -2.49. The fourth-order valence-electron chi connectivity index (χ4n) is 1.75. The van der Waals surface area contributed by atoms with Crippen molar-refractivity contribution in [3.05, 3.63) is 35.4 Å². The van der Waals surface area contributed by atoms with E-state index in [1.807, 2.05) is 0 Å². The fourth-order valence-corrected chi connectivity index (χ4v) is 1.75. The number of azo groups is 1. The summed E-state index contributed by atoms with van der Waals surface area (Å²) in [5.41, 5.74) is -0.584. The molecule has 0 bridgehead atoms. The summed E-state index contributed by atoms with van der Waals surface area (Å²) in [4.78, 5) is 21.9. The quantitative estimate of drug-likeness (QED) is 0.540. The Balaban J connectivity index is 2.25. The van der Waals surface area contributed by atoms with Crippen LogP contribution >= 0.6 is 0 Å². The van der Waals surface area contributed by atoms with E-state index in [9.17, 15) is 22.8 Å². The highest BCUT2D eigenvalue weighted by Gasteiger charge is 2.32. The number of hydrogen-bond donors (Lipinski definition) is 0. The van der Waals surface area contributed by atoms with Crippen LogP contribution in [0.1, 0.15) is 18.1 Å². The van der Waals surface area contributed by atoms with Crippen LogP contribution in [-0.2, 0) is 26.8 Å². The molecule has 138 valence electrons. The zero-order valence-corrected chi connectivity index (χ0v) is 13.4. The van der Waals surface area contributed by atoms with Gasteiger partial charge < -0.3 is 14.2 Å². The van der Waals surface area contributed by atoms with Gasteiger partial charge in [0.1, 0.15) is 6.61 Å². The van der Waals surface area contributed by atoms with Crippen LogP contribution < -0.4 is 0 Å². The van der Waals surface area contributed by atoms with E-state index in [0.29, 0.717) is 0 Å². The van der Waals surface area contributed by atoms with Crippen LogP contribution in [0, 0.1) is 0 Å². The number of halogens is 3. The lowest BCUT2D eigenvalue weighted by Crippen LogP contribution is -2.12. The van der Waals surface area contributed by atoms with Crippen molar-refractivity contribution in [3.8, 4) is 0 Å². The van der Waals surface area contributed by atoms with Crippen molar-refractivity contribution in [2.24, 2.45) is 10.2 Å². The van der Waals surface area contributed by atoms with Gasteiger partial charge in [-0.3, -0.25) is 0 Å². The van der Waals surface area contributed by atoms with Crippen molar-refractivity contribution in [1.29, 1.82) is 0 Å². The molecule has 0 atom stereocenters. The van der Waals surface area contributed by atoms with Crippen molar-refractivity contribution < 1.29 is 37.0 Å². The molecule has 25 heavy (non-hydrogen) atoms. The molecule has 7 nitrogen and oxygen atoms in total. The molecule has 0 aliphatic heterocycles. The fraction of sp³-hybridized carbons (Fsp3) is 0.467. The number of benzene rings is 1. The van der Waals surface area contributed by atoms with E-state index in [4.69, 9.17) is 4.74 Å². The van der Waals surface area contributed by atoms with Crippen molar-refractivity contribution in [3.63, 3.8) is 0 Å². The van der Waals surface area contributed by atoms with Crippen molar-refractivity contribution in [2.75, 3.05) is 26.4 Å². The molecular formula is C15H17F3N2O5. The molecule has 0 radical (unpaired) electrons. The first kappa shape index (κ1) is 20.6. The lowest BCUT2D eigenvalue weighted by atomic mass is 10.0. The minimum absolute atomic E-state index is 0.0228. The minimum Gasteiger partial charge on any atom is -0.447 e. The molecule has 0 heterocycles. The maximum atomic E-state index is 12.8. The Morgan fingerprint density at radius 1 is 1.00 bits per heavy atom. The minimum atomic E-state index is -4.42. The number of carbonyl (C=O) groups excluding carboxylic acids is 2. The smallest absolute Gasteiger partial charge is 0.447 e. The third kappa shape index (κ3) is 8.25. The largest absolute Gasteiger partial charge is 0.452 e. The average molecular weight is 362 g/mol. The van der Waals surface area contributed by atoms with Gasteiger partial charge >= 0.3 is 18.4 Å². The molecule has 0 fully saturated rings. The molecule has 0 N–H and O–H groups in total. The van der Waals surface area contributed by atoms with E-state index in [2.05, 4.69) is 19.7 Å². The molecule has 0 aliphatic carbocycles. The highest BCUT2D eigenvalue weighted by Crippen LogP contribution is 2.31. The molecule has 0 unspecified atom stereocenters. The van der Waals surface area contributed by atoms with Crippen molar-refractivity contribution >= 4 is 12.2 Å². The zero-order chi connectivity index (χ0) is 18.7. The summed E-state index contributed by atoms with van der Waals surface area (Å²) in [7, 11) is 0. The van der Waals surface area contributed by atoms with Crippen LogP contribution in [0.4, 0.5) is 22.8 Å². The average Bonchev–Trinajstić information content (AvgIpc) is 2.56. The van der Waals surface area contributed by atoms with E-state index in [0.717, 1.165) is 6.07 Å². The van der Waals surface area contributed by atoms with Gasteiger partial charge in [0.15, 0.2) is 0 Å². The van der Waals surface area contributed by atoms with Gasteiger partial charge in [-0.2, -0.15) is 13.2 Å². The molecule has 2 amide bonds. The molecule has 0 spiro atoms. The van der Waals surface area contributed by atoms with Crippen LogP contribution in [0.15, 0.2) is 34.5 Å². The zero-order valence-electron chi connectivity index (χ0n) is 13.4. The van der Waals surface area contributed by atoms with Crippen LogP contribution in [0.3, 0.4) is 0 Å². The van der Waals surface area contributed by atoms with Crippen LogP contribution in [0.5, 0.6) is 0 Å². The molecule has 0 saturated carbocycles. The Morgan fingerprint density at radius 2 is 1.64 bits per heavy atom. The molecule has 1 aromatic rings. The van der Waals surface area contributed by atoms with E-state index in [1.54, 1.807) is 6.92 Å². The normalized spacial score (nSPS) is 11.5. The summed E-state index contributed by atoms with van der Waals surface area (Å²) in [6.07, 6.45) is -6.47. The van der Waals surface area contributed by atoms with Gasteiger partial charge in [0.2, 0.25) is 0 Å². The van der Waals surface area contributed by atoms with Gasteiger partial charge in [0, 0.05) is 0 Å². The molecule has 1 aromatic carbocycles. The van der Waals surface area contributed by atoms with Gasteiger partial charge in [-0.05, 0) is 25.0 Å². The SMILES string of the molecule is CCOC(=O)N=NC(=O)OCCOCCc1ccccc1C(F)(F)F. The van der Waals surface area contributed by atoms with E-state index in [-0.39, 0.29) is 38.4 Å². The maximum Gasteiger partial charge on any atom is 0.452 e. The maximum absolute atomic E-state index is 12.8. The molecule has 0 aliphatic rings. The third-order valence-electron chi connectivity index (χ3n) is 2.77. The number of alkyl halides is 3. The Bertz CT molecular complexity index is 605. The summed E-state index contributed by atoms with van der Waals surface area (Å²) < 4.78 is 52.5. The highest BCUT2D eigenvalue weighted by molar-refractivity contribution is 5.73. The molecule has 1 rings (SSSR count). The Morgan fingerprint density at radius 3 is 2.28 bits per heavy atom. The molecular weight excluding hydrogens is 345 g/mol. The van der Waals surface area contributed by atoms with Crippen LogP contribution in [0.2, 0.25) is 0 Å². The summed E-state index contributed by atoms with van der Waals surface area (Å²) in [5.74, 6) is 0. The standard InChI is InChI=1S/C15H17F3N2O5/c1-2-24-13(21)19-20-14(22)25-10-9-23-8-7-11-5-3-4-6-12(11)15(16,17)18/h3-6H,2,7-10H2,1H3. The summed E-state index contributed by atoms with van der Waals surface area (Å²) in [6, 6.07) is 5.21. The number of amides is 2. The predicted octanol–water partition coefficient (Wildman–Crippen LogP) is 4.01. The van der Waals surface area contributed by atoms with Crippen LogP contribution in [-0.4, -0.2) is 38.6 Å². The van der Waals surface area contributed by atoms with E-state index in [1.165, 1.54) is 18.2 Å². The van der Waals surface area contributed by atoms with E-state index >= 15 is 0 Å². The van der Waals surface area contributed by atoms with E-state index < -0.39 is 23.9 Å². The highest BCUT2D eigenvalue weighted by atomic mass is 19.4. The van der Waals surface area contributed by atoms with Gasteiger partial charge in [0.25, 0.3) is 0 Å². The summed E-state index contributed by atoms with van der Waals surface area (Å²) in [5, 5.41) is 5.90. The van der Waals surface area contributed by atoms with Crippen molar-refractivity contribution in [2.45, 2.75) is 19.5 Å².